The maximum absolute atomic E-state index is 14.0. The highest BCUT2D eigenvalue weighted by Crippen LogP contribution is 2.35. The molecule has 5 rings (SSSR count). The van der Waals surface area contributed by atoms with Crippen molar-refractivity contribution in [3.8, 4) is 11.3 Å². The smallest absolute Gasteiger partial charge is 0.268 e. The Hall–Kier alpha value is -3.95. The molecule has 174 valence electrons. The van der Waals surface area contributed by atoms with Crippen LogP contribution in [0, 0.1) is 5.82 Å². The van der Waals surface area contributed by atoms with Gasteiger partial charge in [0.25, 0.3) is 5.91 Å². The van der Waals surface area contributed by atoms with Gasteiger partial charge in [-0.1, -0.05) is 0 Å². The Kier molecular flexibility index (Phi) is 5.22. The Morgan fingerprint density at radius 2 is 1.94 bits per heavy atom. The van der Waals surface area contributed by atoms with Gasteiger partial charge in [-0.2, -0.15) is 0 Å². The van der Waals surface area contributed by atoms with Crippen molar-refractivity contribution in [2.75, 3.05) is 18.0 Å². The van der Waals surface area contributed by atoms with Crippen LogP contribution in [-0.2, 0) is 0 Å². The van der Waals surface area contributed by atoms with Gasteiger partial charge in [0.15, 0.2) is 5.43 Å². The molecular formula is C24H20F3N5O2. The molecule has 1 aromatic carbocycles. The van der Waals surface area contributed by atoms with Gasteiger partial charge in [-0.25, -0.2) is 18.2 Å². The topological polar surface area (TPSA) is 105 Å². The molecule has 0 atom stereocenters. The summed E-state index contributed by atoms with van der Waals surface area (Å²) in [5.74, 6) is -3.63. The summed E-state index contributed by atoms with van der Waals surface area (Å²) < 4.78 is 42.0. The lowest BCUT2D eigenvalue weighted by atomic mass is 10.1. The van der Waals surface area contributed by atoms with E-state index < -0.39 is 23.1 Å². The minimum absolute atomic E-state index is 0.0505. The lowest BCUT2D eigenvalue weighted by Crippen LogP contribution is -2.27. The van der Waals surface area contributed by atoms with Gasteiger partial charge in [0.1, 0.15) is 17.3 Å². The zero-order chi connectivity index (χ0) is 24.0. The average Bonchev–Trinajstić information content (AvgIpc) is 2.98. The fourth-order valence-electron chi connectivity index (χ4n) is 4.38. The SMILES string of the molecule is NC(=O)c1nccc2[nH]c(-c3cc4cc(F)ccc4nc3N3CCCC(F)(F)CC3)cc(=O)c12. The predicted molar refractivity (Wildman–Crippen MR) is 123 cm³/mol. The number of amides is 1. The minimum atomic E-state index is -2.76. The Labute approximate surface area is 191 Å². The molecule has 1 fully saturated rings. The lowest BCUT2D eigenvalue weighted by Gasteiger charge is -2.25. The molecule has 1 amide bonds. The zero-order valence-corrected chi connectivity index (χ0v) is 17.9. The molecular weight excluding hydrogens is 447 g/mol. The monoisotopic (exact) mass is 467 g/mol. The summed E-state index contributed by atoms with van der Waals surface area (Å²) in [4.78, 5) is 38.2. The van der Waals surface area contributed by atoms with Crippen LogP contribution in [0.15, 0.2) is 47.4 Å². The minimum Gasteiger partial charge on any atom is -0.364 e. The van der Waals surface area contributed by atoms with E-state index in [0.29, 0.717) is 40.0 Å². The third-order valence-electron chi connectivity index (χ3n) is 6.04. The number of H-pyrrole nitrogens is 1. The first-order valence-corrected chi connectivity index (χ1v) is 10.8. The molecule has 1 aliphatic rings. The van der Waals surface area contributed by atoms with E-state index in [1.807, 2.05) is 0 Å². The summed E-state index contributed by atoms with van der Waals surface area (Å²) in [7, 11) is 0. The molecule has 1 aliphatic heterocycles. The van der Waals surface area contributed by atoms with E-state index in [-0.39, 0.29) is 36.9 Å². The van der Waals surface area contributed by atoms with Crippen molar-refractivity contribution in [2.45, 2.75) is 25.2 Å². The number of nitrogens with two attached hydrogens (primary N) is 1. The molecule has 7 nitrogen and oxygen atoms in total. The number of primary amides is 1. The Bertz CT molecular complexity index is 1500. The molecule has 34 heavy (non-hydrogen) atoms. The standard InChI is InChI=1S/C24H20F3N5O2/c25-14-2-3-16-13(10-14)11-15(23(31-16)32-8-1-5-24(26,27)6-9-32)18-12-19(33)20-17(30-18)4-7-29-21(20)22(28)34/h2-4,7,10-12H,1,5-6,8-9H2,(H2,28,34)(H,30,33). The summed E-state index contributed by atoms with van der Waals surface area (Å²) in [5, 5.41) is 0.543. The number of benzene rings is 1. The molecule has 10 heteroatoms. The van der Waals surface area contributed by atoms with Crippen molar-refractivity contribution in [1.82, 2.24) is 15.0 Å². The van der Waals surface area contributed by atoms with Crippen LogP contribution < -0.4 is 16.1 Å². The fourth-order valence-corrected chi connectivity index (χ4v) is 4.38. The number of fused-ring (bicyclic) bond motifs is 2. The number of carbonyl (C=O) groups is 1. The first-order valence-electron chi connectivity index (χ1n) is 10.8. The van der Waals surface area contributed by atoms with Crippen molar-refractivity contribution < 1.29 is 18.0 Å². The summed E-state index contributed by atoms with van der Waals surface area (Å²) in [6, 6.07) is 8.63. The number of carbonyl (C=O) groups excluding carboxylic acids is 1. The van der Waals surface area contributed by atoms with Crippen LogP contribution in [0.2, 0.25) is 0 Å². The number of hydrogen-bond donors (Lipinski definition) is 2. The predicted octanol–water partition coefficient (Wildman–Crippen LogP) is 4.00. The third-order valence-corrected chi connectivity index (χ3v) is 6.04. The van der Waals surface area contributed by atoms with Crippen LogP contribution in [0.25, 0.3) is 33.1 Å². The number of nitrogens with zero attached hydrogens (tertiary/aromatic N) is 3. The fraction of sp³-hybridized carbons (Fsp3) is 0.250. The first-order chi connectivity index (χ1) is 16.2. The van der Waals surface area contributed by atoms with E-state index in [1.165, 1.54) is 36.5 Å². The van der Waals surface area contributed by atoms with Gasteiger partial charge in [-0.3, -0.25) is 14.6 Å². The van der Waals surface area contributed by atoms with Gasteiger partial charge < -0.3 is 15.6 Å². The number of aromatic amines is 1. The molecule has 4 aromatic rings. The second-order valence-electron chi connectivity index (χ2n) is 8.39. The number of anilines is 1. The second kappa shape index (κ2) is 8.12. The van der Waals surface area contributed by atoms with Crippen LogP contribution in [-0.4, -0.2) is 39.9 Å². The quantitative estimate of drug-likeness (QED) is 0.474. The second-order valence-corrected chi connectivity index (χ2v) is 8.39. The zero-order valence-electron chi connectivity index (χ0n) is 17.9. The summed E-state index contributed by atoms with van der Waals surface area (Å²) in [6.07, 6.45) is 1.09. The maximum Gasteiger partial charge on any atom is 0.268 e. The lowest BCUT2D eigenvalue weighted by molar-refractivity contribution is -0.0102. The number of aromatic nitrogens is 3. The van der Waals surface area contributed by atoms with Crippen LogP contribution >= 0.6 is 0 Å². The van der Waals surface area contributed by atoms with Gasteiger partial charge in [0, 0.05) is 49.1 Å². The van der Waals surface area contributed by atoms with E-state index >= 15 is 0 Å². The molecule has 3 aromatic heterocycles. The van der Waals surface area contributed by atoms with E-state index in [0.717, 1.165) is 0 Å². The van der Waals surface area contributed by atoms with Crippen LogP contribution in [0.3, 0.4) is 0 Å². The van der Waals surface area contributed by atoms with Gasteiger partial charge in [-0.15, -0.1) is 0 Å². The van der Waals surface area contributed by atoms with Crippen molar-refractivity contribution in [3.63, 3.8) is 0 Å². The van der Waals surface area contributed by atoms with E-state index in [2.05, 4.69) is 15.0 Å². The van der Waals surface area contributed by atoms with E-state index in [9.17, 15) is 22.8 Å². The normalized spacial score (nSPS) is 16.0. The van der Waals surface area contributed by atoms with Gasteiger partial charge in [-0.05, 0) is 36.8 Å². The number of nitrogens with one attached hydrogen (secondary N) is 1. The molecule has 0 radical (unpaired) electrons. The first kappa shape index (κ1) is 21.9. The molecule has 0 saturated carbocycles. The van der Waals surface area contributed by atoms with Gasteiger partial charge >= 0.3 is 0 Å². The highest BCUT2D eigenvalue weighted by molar-refractivity contribution is 6.04. The summed E-state index contributed by atoms with van der Waals surface area (Å²) >= 11 is 0. The summed E-state index contributed by atoms with van der Waals surface area (Å²) in [5.41, 5.74) is 6.36. The average molecular weight is 467 g/mol. The molecule has 0 aliphatic carbocycles. The van der Waals surface area contributed by atoms with E-state index in [1.54, 1.807) is 11.0 Å². The molecule has 1 saturated heterocycles. The molecule has 0 bridgehead atoms. The number of rotatable bonds is 3. The van der Waals surface area contributed by atoms with Crippen LogP contribution in [0.1, 0.15) is 29.8 Å². The van der Waals surface area contributed by atoms with Crippen molar-refractivity contribution >= 4 is 33.5 Å². The van der Waals surface area contributed by atoms with Gasteiger partial charge in [0.2, 0.25) is 5.92 Å². The summed E-state index contributed by atoms with van der Waals surface area (Å²) in [6.45, 7) is 0.434. The number of halogens is 3. The van der Waals surface area contributed by atoms with Crippen LogP contribution in [0.4, 0.5) is 19.0 Å². The maximum atomic E-state index is 14.0. The van der Waals surface area contributed by atoms with Crippen LogP contribution in [0.5, 0.6) is 0 Å². The highest BCUT2D eigenvalue weighted by Gasteiger charge is 2.33. The molecule has 4 heterocycles. The number of hydrogen-bond acceptors (Lipinski definition) is 5. The molecule has 0 spiro atoms. The molecule has 0 unspecified atom stereocenters. The largest absolute Gasteiger partial charge is 0.364 e. The third kappa shape index (κ3) is 3.95. The molecule has 3 N–H and O–H groups in total. The van der Waals surface area contributed by atoms with Crippen molar-refractivity contribution in [2.24, 2.45) is 5.73 Å². The number of alkyl halides is 2. The Morgan fingerprint density at radius 3 is 2.74 bits per heavy atom. The number of pyridine rings is 3. The van der Waals surface area contributed by atoms with Crippen molar-refractivity contribution in [3.05, 3.63) is 64.3 Å². The van der Waals surface area contributed by atoms with Gasteiger partial charge in [0.05, 0.1) is 22.1 Å². The Balaban J connectivity index is 1.73. The van der Waals surface area contributed by atoms with E-state index in [4.69, 9.17) is 5.73 Å². The highest BCUT2D eigenvalue weighted by atomic mass is 19.3. The van der Waals surface area contributed by atoms with Crippen molar-refractivity contribution in [1.29, 1.82) is 0 Å². The Morgan fingerprint density at radius 1 is 1.12 bits per heavy atom.